The summed E-state index contributed by atoms with van der Waals surface area (Å²) in [6.07, 6.45) is -6.42. The molecule has 6 nitrogen and oxygen atoms in total. The number of alkyl halides is 3. The molecule has 0 saturated heterocycles. The summed E-state index contributed by atoms with van der Waals surface area (Å²) in [6.45, 7) is 3.12. The minimum absolute atomic E-state index is 0.129. The second kappa shape index (κ2) is 5.90. The van der Waals surface area contributed by atoms with Crippen LogP contribution < -0.4 is 15.6 Å². The van der Waals surface area contributed by atoms with E-state index in [9.17, 15) is 22.8 Å². The van der Waals surface area contributed by atoms with Gasteiger partial charge in [-0.05, 0) is 26.0 Å². The number of rotatable bonds is 3. The molecule has 1 aromatic carbocycles. The standard InChI is InChI=1S/C14H14F3N3O3/c1-3-23-12(22)20-13(14(15,16)17)11(21)18-10(19-13)9-6-4-8(2)5-7-9/h4-7H,3H2,1-2H3,(H,20,22)(H,18,19,21)/p+1/t13-/m0/s1. The summed E-state index contributed by atoms with van der Waals surface area (Å²) >= 11 is 0. The van der Waals surface area contributed by atoms with Gasteiger partial charge in [0.25, 0.3) is 5.84 Å². The van der Waals surface area contributed by atoms with Crippen molar-refractivity contribution < 1.29 is 32.5 Å². The van der Waals surface area contributed by atoms with E-state index in [4.69, 9.17) is 0 Å². The quantitative estimate of drug-likeness (QED) is 0.727. The number of halogens is 3. The number of amidine groups is 1. The van der Waals surface area contributed by atoms with Crippen molar-refractivity contribution in [3.63, 3.8) is 0 Å². The van der Waals surface area contributed by atoms with Gasteiger partial charge in [-0.15, -0.1) is 0 Å². The Kier molecular flexibility index (Phi) is 4.31. The Morgan fingerprint density at radius 3 is 2.48 bits per heavy atom. The van der Waals surface area contributed by atoms with Crippen LogP contribution in [0.1, 0.15) is 18.1 Å². The number of ether oxygens (including phenoxy) is 1. The summed E-state index contributed by atoms with van der Waals surface area (Å²) in [5.41, 5.74) is -2.02. The molecular weight excluding hydrogens is 315 g/mol. The lowest BCUT2D eigenvalue weighted by molar-refractivity contribution is -0.581. The summed E-state index contributed by atoms with van der Waals surface area (Å²) in [4.78, 5) is 25.4. The van der Waals surface area contributed by atoms with Crippen LogP contribution in [0.5, 0.6) is 0 Å². The van der Waals surface area contributed by atoms with Gasteiger partial charge in [-0.1, -0.05) is 17.7 Å². The molecule has 2 amide bonds. The van der Waals surface area contributed by atoms with Crippen molar-refractivity contribution in [3.8, 4) is 0 Å². The summed E-state index contributed by atoms with van der Waals surface area (Å²) in [5.74, 6) is -1.59. The maximum absolute atomic E-state index is 13.4. The number of hydrogen-bond acceptors (Lipinski definition) is 3. The van der Waals surface area contributed by atoms with E-state index in [1.165, 1.54) is 6.92 Å². The van der Waals surface area contributed by atoms with Crippen LogP contribution in [0, 0.1) is 6.92 Å². The fourth-order valence-electron chi connectivity index (χ4n) is 2.03. The van der Waals surface area contributed by atoms with Crippen molar-refractivity contribution in [1.82, 2.24) is 10.6 Å². The molecule has 0 unspecified atom stereocenters. The third-order valence-corrected chi connectivity index (χ3v) is 3.22. The predicted molar refractivity (Wildman–Crippen MR) is 73.3 cm³/mol. The van der Waals surface area contributed by atoms with Gasteiger partial charge >= 0.3 is 23.8 Å². The van der Waals surface area contributed by atoms with E-state index in [0.717, 1.165) is 5.56 Å². The number of carbonyl (C=O) groups excluding carboxylic acids is 2. The fourth-order valence-corrected chi connectivity index (χ4v) is 2.03. The van der Waals surface area contributed by atoms with Gasteiger partial charge in [0.15, 0.2) is 0 Å². The zero-order valence-corrected chi connectivity index (χ0v) is 12.4. The average Bonchev–Trinajstić information content (AvgIpc) is 2.78. The summed E-state index contributed by atoms with van der Waals surface area (Å²) in [6, 6.07) is 6.47. The smallest absolute Gasteiger partial charge is 0.450 e. The lowest BCUT2D eigenvalue weighted by atomic mass is 10.1. The van der Waals surface area contributed by atoms with Crippen LogP contribution in [-0.4, -0.2) is 36.3 Å². The Morgan fingerprint density at radius 1 is 1.35 bits per heavy atom. The van der Waals surface area contributed by atoms with Gasteiger partial charge in [0.05, 0.1) is 12.2 Å². The Morgan fingerprint density at radius 2 is 1.96 bits per heavy atom. The Labute approximate surface area is 129 Å². The van der Waals surface area contributed by atoms with E-state index < -0.39 is 23.8 Å². The van der Waals surface area contributed by atoms with E-state index in [1.54, 1.807) is 29.6 Å². The predicted octanol–water partition coefficient (Wildman–Crippen LogP) is -0.0433. The second-order valence-electron chi connectivity index (χ2n) is 4.91. The molecule has 1 aliphatic heterocycles. The number of alkyl carbamates (subject to hydrolysis) is 1. The highest BCUT2D eigenvalue weighted by Gasteiger charge is 2.70. The normalized spacial score (nSPS) is 20.7. The number of aryl methyl sites for hydroxylation is 1. The van der Waals surface area contributed by atoms with Gasteiger partial charge < -0.3 is 4.74 Å². The lowest BCUT2D eigenvalue weighted by Crippen LogP contribution is -2.96. The first-order valence-corrected chi connectivity index (χ1v) is 6.75. The second-order valence-corrected chi connectivity index (χ2v) is 4.91. The monoisotopic (exact) mass is 330 g/mol. The van der Waals surface area contributed by atoms with Crippen molar-refractivity contribution in [2.75, 3.05) is 6.61 Å². The van der Waals surface area contributed by atoms with Gasteiger partial charge in [0.1, 0.15) is 0 Å². The SMILES string of the molecule is CCOC(=O)N[C@@]1(C(F)(F)F)[NH+]=C(c2ccc(C)cc2)NC1=O. The minimum atomic E-state index is -5.07. The largest absolute Gasteiger partial charge is 0.465 e. The van der Waals surface area contributed by atoms with E-state index in [0.29, 0.717) is 5.56 Å². The van der Waals surface area contributed by atoms with Crippen molar-refractivity contribution in [3.05, 3.63) is 35.4 Å². The maximum atomic E-state index is 13.4. The number of carbonyl (C=O) groups is 2. The van der Waals surface area contributed by atoms with Gasteiger partial charge in [-0.2, -0.15) is 13.2 Å². The summed E-state index contributed by atoms with van der Waals surface area (Å²) < 4.78 is 44.7. The molecule has 23 heavy (non-hydrogen) atoms. The highest BCUT2D eigenvalue weighted by atomic mass is 19.4. The van der Waals surface area contributed by atoms with Crippen LogP contribution in [-0.2, 0) is 9.53 Å². The zero-order valence-electron chi connectivity index (χ0n) is 12.4. The molecule has 3 N–H and O–H groups in total. The first-order valence-electron chi connectivity index (χ1n) is 6.75. The first-order chi connectivity index (χ1) is 10.7. The third-order valence-electron chi connectivity index (χ3n) is 3.22. The first kappa shape index (κ1) is 16.8. The summed E-state index contributed by atoms with van der Waals surface area (Å²) in [5, 5.41) is 3.67. The molecule has 0 aromatic heterocycles. The molecule has 0 saturated carbocycles. The van der Waals surface area contributed by atoms with Crippen molar-refractivity contribution >= 4 is 17.8 Å². The van der Waals surface area contributed by atoms with E-state index in [1.807, 2.05) is 11.9 Å². The molecule has 1 aliphatic rings. The Balaban J connectivity index is 2.43. The average molecular weight is 330 g/mol. The van der Waals surface area contributed by atoms with E-state index in [2.05, 4.69) is 10.1 Å². The highest BCUT2D eigenvalue weighted by molar-refractivity contribution is 6.10. The van der Waals surface area contributed by atoms with Crippen LogP contribution in [0.15, 0.2) is 24.3 Å². The molecule has 1 aromatic rings. The van der Waals surface area contributed by atoms with Crippen LogP contribution in [0.25, 0.3) is 0 Å². The van der Waals surface area contributed by atoms with Crippen molar-refractivity contribution in [2.45, 2.75) is 25.7 Å². The van der Waals surface area contributed by atoms with Crippen LogP contribution in [0.2, 0.25) is 0 Å². The molecular formula is C14H15F3N3O3+. The highest BCUT2D eigenvalue weighted by Crippen LogP contribution is 2.26. The molecule has 2 rings (SSSR count). The van der Waals surface area contributed by atoms with Crippen molar-refractivity contribution in [2.24, 2.45) is 0 Å². The van der Waals surface area contributed by atoms with Gasteiger partial charge in [-0.25, -0.2) is 19.9 Å². The lowest BCUT2D eigenvalue weighted by Gasteiger charge is -2.22. The zero-order chi connectivity index (χ0) is 17.3. The molecule has 0 radical (unpaired) electrons. The Bertz CT molecular complexity index is 655. The molecule has 0 bridgehead atoms. The number of hydrogen-bond donors (Lipinski definition) is 3. The van der Waals surface area contributed by atoms with Crippen LogP contribution in [0.4, 0.5) is 18.0 Å². The molecule has 0 aliphatic carbocycles. The summed E-state index contributed by atoms with van der Waals surface area (Å²) in [7, 11) is 0. The topological polar surface area (TPSA) is 81.4 Å². The number of benzene rings is 1. The molecule has 124 valence electrons. The van der Waals surface area contributed by atoms with Gasteiger partial charge in [0, 0.05) is 0 Å². The van der Waals surface area contributed by atoms with E-state index in [-0.39, 0.29) is 12.4 Å². The number of nitrogens with one attached hydrogen (secondary N) is 3. The Hall–Kier alpha value is -2.58. The van der Waals surface area contributed by atoms with Crippen molar-refractivity contribution in [1.29, 1.82) is 0 Å². The van der Waals surface area contributed by atoms with Crippen LogP contribution in [0.3, 0.4) is 0 Å². The molecule has 9 heteroatoms. The third kappa shape index (κ3) is 3.13. The van der Waals surface area contributed by atoms with Gasteiger partial charge in [0.2, 0.25) is 0 Å². The fraction of sp³-hybridized carbons (Fsp3) is 0.357. The number of amides is 2. The molecule has 1 heterocycles. The molecule has 1 atom stereocenters. The van der Waals surface area contributed by atoms with Gasteiger partial charge in [-0.3, -0.25) is 5.32 Å². The van der Waals surface area contributed by atoms with E-state index >= 15 is 0 Å². The maximum Gasteiger partial charge on any atom is 0.465 e. The molecule has 0 fully saturated rings. The molecule has 0 spiro atoms. The van der Waals surface area contributed by atoms with Crippen LogP contribution >= 0.6 is 0 Å². The minimum Gasteiger partial charge on any atom is -0.450 e.